The van der Waals surface area contributed by atoms with E-state index < -0.39 is 0 Å². The first-order valence-corrected chi connectivity index (χ1v) is 5.83. The van der Waals surface area contributed by atoms with Gasteiger partial charge in [-0.15, -0.1) is 0 Å². The van der Waals surface area contributed by atoms with Crippen molar-refractivity contribution in [3.05, 3.63) is 23.2 Å². The quantitative estimate of drug-likeness (QED) is 0.776. The van der Waals surface area contributed by atoms with Crippen LogP contribution >= 0.6 is 0 Å². The van der Waals surface area contributed by atoms with Crippen LogP contribution in [-0.2, 0) is 13.0 Å². The normalized spacial score (nSPS) is 26.1. The Morgan fingerprint density at radius 2 is 2.27 bits per heavy atom. The van der Waals surface area contributed by atoms with Crippen molar-refractivity contribution in [2.75, 3.05) is 6.54 Å². The van der Waals surface area contributed by atoms with Crippen molar-refractivity contribution < 1.29 is 9.52 Å². The minimum atomic E-state index is -0.341. The van der Waals surface area contributed by atoms with Crippen LogP contribution in [0.2, 0.25) is 0 Å². The van der Waals surface area contributed by atoms with Gasteiger partial charge in [0.25, 0.3) is 0 Å². The summed E-state index contributed by atoms with van der Waals surface area (Å²) in [7, 11) is 0. The maximum absolute atomic E-state index is 9.90. The minimum Gasteiger partial charge on any atom is -0.464 e. The average Bonchev–Trinajstić information content (AvgIpc) is 2.95. The molecule has 1 aromatic rings. The molecule has 1 fully saturated rings. The van der Waals surface area contributed by atoms with E-state index in [0.29, 0.717) is 0 Å². The highest BCUT2D eigenvalue weighted by Gasteiger charge is 2.26. The molecule has 1 atom stereocenters. The zero-order valence-electron chi connectivity index (χ0n) is 8.83. The SMILES string of the molecule is OC1CCNCc2oc(CC3CC3)cc21. The lowest BCUT2D eigenvalue weighted by atomic mass is 10.1. The van der Waals surface area contributed by atoms with Gasteiger partial charge in [-0.1, -0.05) is 0 Å². The molecule has 2 N–H and O–H groups in total. The summed E-state index contributed by atoms with van der Waals surface area (Å²) in [5.41, 5.74) is 1.01. The third-order valence-corrected chi connectivity index (χ3v) is 3.32. The van der Waals surface area contributed by atoms with Crippen molar-refractivity contribution in [2.24, 2.45) is 5.92 Å². The molecule has 1 aliphatic carbocycles. The Kier molecular flexibility index (Phi) is 2.29. The third-order valence-electron chi connectivity index (χ3n) is 3.32. The lowest BCUT2D eigenvalue weighted by molar-refractivity contribution is 0.169. The second-order valence-electron chi connectivity index (χ2n) is 4.72. The van der Waals surface area contributed by atoms with Gasteiger partial charge in [0, 0.05) is 12.0 Å². The van der Waals surface area contributed by atoms with Gasteiger partial charge in [0.15, 0.2) is 0 Å². The summed E-state index contributed by atoms with van der Waals surface area (Å²) in [6.45, 7) is 1.63. The van der Waals surface area contributed by atoms with Crippen LogP contribution in [0.15, 0.2) is 10.5 Å². The number of fused-ring (bicyclic) bond motifs is 1. The van der Waals surface area contributed by atoms with E-state index in [2.05, 4.69) is 11.4 Å². The summed E-state index contributed by atoms with van der Waals surface area (Å²) >= 11 is 0. The molecule has 1 aliphatic heterocycles. The van der Waals surface area contributed by atoms with Crippen LogP contribution in [0.1, 0.15) is 42.5 Å². The summed E-state index contributed by atoms with van der Waals surface area (Å²) in [4.78, 5) is 0. The number of aliphatic hydroxyl groups excluding tert-OH is 1. The standard InChI is InChI=1S/C12H17NO2/c14-11-3-4-13-7-12-10(11)6-9(15-12)5-8-1-2-8/h6,8,11,13-14H,1-5,7H2. The van der Waals surface area contributed by atoms with Crippen LogP contribution in [0.5, 0.6) is 0 Å². The lowest BCUT2D eigenvalue weighted by Crippen LogP contribution is -2.12. The Balaban J connectivity index is 1.84. The van der Waals surface area contributed by atoms with Crippen molar-refractivity contribution in [3.63, 3.8) is 0 Å². The summed E-state index contributed by atoms with van der Waals surface area (Å²) in [5.74, 6) is 2.84. The summed E-state index contributed by atoms with van der Waals surface area (Å²) in [6.07, 6.45) is 4.18. The fraction of sp³-hybridized carbons (Fsp3) is 0.667. The molecule has 1 unspecified atom stereocenters. The molecule has 1 saturated carbocycles. The summed E-state index contributed by atoms with van der Waals surface area (Å²) in [5, 5.41) is 13.2. The van der Waals surface area contributed by atoms with E-state index in [-0.39, 0.29) is 6.10 Å². The highest BCUT2D eigenvalue weighted by molar-refractivity contribution is 5.25. The molecule has 3 rings (SSSR count). The van der Waals surface area contributed by atoms with Gasteiger partial charge >= 0.3 is 0 Å². The van der Waals surface area contributed by atoms with Crippen LogP contribution in [0.25, 0.3) is 0 Å². The van der Waals surface area contributed by atoms with Crippen molar-refractivity contribution in [3.8, 4) is 0 Å². The molecule has 3 heteroatoms. The predicted octanol–water partition coefficient (Wildman–Crippen LogP) is 1.76. The van der Waals surface area contributed by atoms with E-state index >= 15 is 0 Å². The van der Waals surface area contributed by atoms with Crippen LogP contribution in [0.4, 0.5) is 0 Å². The van der Waals surface area contributed by atoms with Gasteiger partial charge < -0.3 is 14.8 Å². The molecular formula is C12H17NO2. The number of furan rings is 1. The number of hydrogen-bond donors (Lipinski definition) is 2. The van der Waals surface area contributed by atoms with E-state index in [0.717, 1.165) is 48.9 Å². The van der Waals surface area contributed by atoms with Gasteiger partial charge in [-0.25, -0.2) is 0 Å². The van der Waals surface area contributed by atoms with Gasteiger partial charge in [-0.3, -0.25) is 0 Å². The first-order valence-electron chi connectivity index (χ1n) is 5.83. The van der Waals surface area contributed by atoms with Gasteiger partial charge in [-0.05, 0) is 37.8 Å². The fourth-order valence-electron chi connectivity index (χ4n) is 2.22. The largest absolute Gasteiger partial charge is 0.464 e. The Hall–Kier alpha value is -0.800. The number of hydrogen-bond acceptors (Lipinski definition) is 3. The zero-order chi connectivity index (χ0) is 10.3. The second kappa shape index (κ2) is 3.65. The van der Waals surface area contributed by atoms with Crippen molar-refractivity contribution in [1.29, 1.82) is 0 Å². The van der Waals surface area contributed by atoms with Gasteiger partial charge in [0.2, 0.25) is 0 Å². The summed E-state index contributed by atoms with van der Waals surface area (Å²) in [6, 6.07) is 2.06. The molecule has 0 spiro atoms. The molecule has 0 radical (unpaired) electrons. The van der Waals surface area contributed by atoms with Crippen molar-refractivity contribution in [1.82, 2.24) is 5.32 Å². The highest BCUT2D eigenvalue weighted by atomic mass is 16.3. The molecular weight excluding hydrogens is 190 g/mol. The molecule has 0 saturated heterocycles. The molecule has 2 heterocycles. The molecule has 2 aliphatic rings. The minimum absolute atomic E-state index is 0.341. The van der Waals surface area contributed by atoms with E-state index in [9.17, 15) is 5.11 Å². The Labute approximate surface area is 89.5 Å². The fourth-order valence-corrected chi connectivity index (χ4v) is 2.22. The maximum Gasteiger partial charge on any atom is 0.123 e. The Morgan fingerprint density at radius 3 is 3.07 bits per heavy atom. The van der Waals surface area contributed by atoms with E-state index in [1.807, 2.05) is 0 Å². The van der Waals surface area contributed by atoms with Gasteiger partial charge in [-0.2, -0.15) is 0 Å². The van der Waals surface area contributed by atoms with E-state index in [4.69, 9.17) is 4.42 Å². The predicted molar refractivity (Wildman–Crippen MR) is 56.4 cm³/mol. The first-order chi connectivity index (χ1) is 7.33. The number of rotatable bonds is 2. The lowest BCUT2D eigenvalue weighted by Gasteiger charge is -2.03. The smallest absolute Gasteiger partial charge is 0.123 e. The zero-order valence-corrected chi connectivity index (χ0v) is 8.83. The van der Waals surface area contributed by atoms with Crippen LogP contribution in [0.3, 0.4) is 0 Å². The molecule has 3 nitrogen and oxygen atoms in total. The van der Waals surface area contributed by atoms with Crippen molar-refractivity contribution >= 4 is 0 Å². The molecule has 0 amide bonds. The third kappa shape index (κ3) is 1.94. The van der Waals surface area contributed by atoms with Crippen LogP contribution < -0.4 is 5.32 Å². The van der Waals surface area contributed by atoms with Gasteiger partial charge in [0.1, 0.15) is 11.5 Å². The Bertz CT molecular complexity index is 355. The maximum atomic E-state index is 9.90. The molecule has 82 valence electrons. The first kappa shape index (κ1) is 9.43. The molecule has 15 heavy (non-hydrogen) atoms. The molecule has 0 aromatic carbocycles. The van der Waals surface area contributed by atoms with E-state index in [1.165, 1.54) is 12.8 Å². The topological polar surface area (TPSA) is 45.4 Å². The Morgan fingerprint density at radius 1 is 1.40 bits per heavy atom. The summed E-state index contributed by atoms with van der Waals surface area (Å²) < 4.78 is 5.78. The van der Waals surface area contributed by atoms with E-state index in [1.54, 1.807) is 0 Å². The van der Waals surface area contributed by atoms with Gasteiger partial charge in [0.05, 0.1) is 12.6 Å². The van der Waals surface area contributed by atoms with Crippen molar-refractivity contribution in [2.45, 2.75) is 38.3 Å². The van der Waals surface area contributed by atoms with Crippen LogP contribution in [0, 0.1) is 5.92 Å². The average molecular weight is 207 g/mol. The monoisotopic (exact) mass is 207 g/mol. The number of aliphatic hydroxyl groups is 1. The van der Waals surface area contributed by atoms with Crippen LogP contribution in [-0.4, -0.2) is 11.7 Å². The molecule has 0 bridgehead atoms. The highest BCUT2D eigenvalue weighted by Crippen LogP contribution is 2.35. The second-order valence-corrected chi connectivity index (χ2v) is 4.72. The molecule has 1 aromatic heterocycles. The number of nitrogens with one attached hydrogen (secondary N) is 1.